The fourth-order valence-corrected chi connectivity index (χ4v) is 8.21. The van der Waals surface area contributed by atoms with Gasteiger partial charge in [0.1, 0.15) is 57.8 Å². The Bertz CT molecular complexity index is 3570. The number of nitriles is 2. The molecule has 8 aromatic carbocycles. The van der Waals surface area contributed by atoms with Gasteiger partial charge in [0.05, 0.1) is 7.11 Å². The molecule has 0 aliphatic heterocycles. The van der Waals surface area contributed by atoms with E-state index in [0.29, 0.717) is 48.5 Å². The van der Waals surface area contributed by atoms with Crippen molar-refractivity contribution in [2.75, 3.05) is 7.11 Å². The van der Waals surface area contributed by atoms with Crippen LogP contribution in [0.3, 0.4) is 0 Å². The third-order valence-electron chi connectivity index (χ3n) is 12.2. The topological polar surface area (TPSA) is 125 Å². The van der Waals surface area contributed by atoms with E-state index in [1.54, 1.807) is 18.2 Å². The zero-order valence-electron chi connectivity index (χ0n) is 42.2. The molecule has 0 aliphatic rings. The van der Waals surface area contributed by atoms with Gasteiger partial charge in [-0.1, -0.05) is 92.4 Å². The van der Waals surface area contributed by atoms with E-state index in [0.717, 1.165) is 61.5 Å². The highest BCUT2D eigenvalue weighted by molar-refractivity contribution is 5.58. The van der Waals surface area contributed by atoms with Gasteiger partial charge in [-0.05, 0) is 102 Å². The molecule has 85 heavy (non-hydrogen) atoms. The number of nitrogens with zero attached hydrogens (tertiary/aromatic N) is 2. The second kappa shape index (κ2) is 25.8. The van der Waals surface area contributed by atoms with Gasteiger partial charge in [-0.3, -0.25) is 0 Å². The van der Waals surface area contributed by atoms with Crippen LogP contribution in [0.1, 0.15) is 46.4 Å². The Morgan fingerprint density at radius 1 is 0.353 bits per heavy atom. The van der Waals surface area contributed by atoms with Crippen LogP contribution in [0.15, 0.2) is 158 Å². The van der Waals surface area contributed by atoms with Crippen molar-refractivity contribution in [1.29, 1.82) is 10.5 Å². The van der Waals surface area contributed by atoms with Crippen LogP contribution in [0, 0.1) is 64.5 Å². The van der Waals surface area contributed by atoms with Crippen LogP contribution in [0.2, 0.25) is 0 Å². The molecule has 0 aromatic heterocycles. The summed E-state index contributed by atoms with van der Waals surface area (Å²) in [6.45, 7) is 1.15. The SMILES string of the molecule is C.COc1ccc(C(c2ccc(Oc3c(F)c(Oc4ccccc4)c(F)c(C)c3C#N)cc2)(C(F)(F)F)C(F)(F)F)cc1.N#Cc1c(F)c(F)c(Oc2ccccc2)c(F)c1F.Oc1ccc(C(c2ccc(O)cc2)(C(F)(F)F)C(F)(F)F)cc1. The molecule has 0 bridgehead atoms. The lowest BCUT2D eigenvalue weighted by Crippen LogP contribution is -2.54. The molecule has 2 N–H and O–H groups in total. The predicted octanol–water partition coefficient (Wildman–Crippen LogP) is 18.2. The number of halogens is 18. The maximum atomic E-state index is 15.4. The summed E-state index contributed by atoms with van der Waals surface area (Å²) in [5, 5.41) is 36.2. The minimum atomic E-state index is -5.85. The molecule has 0 spiro atoms. The van der Waals surface area contributed by atoms with E-state index >= 15 is 4.39 Å². The van der Waals surface area contributed by atoms with E-state index in [2.05, 4.69) is 0 Å². The summed E-state index contributed by atoms with van der Waals surface area (Å²) in [6.07, 6.45) is -23.1. The summed E-state index contributed by atoms with van der Waals surface area (Å²) in [5.41, 5.74) is -15.5. The van der Waals surface area contributed by atoms with Crippen LogP contribution < -0.4 is 18.9 Å². The zero-order chi connectivity index (χ0) is 62.3. The predicted molar refractivity (Wildman–Crippen MR) is 268 cm³/mol. The van der Waals surface area contributed by atoms with Crippen molar-refractivity contribution < 1.29 is 108 Å². The van der Waals surface area contributed by atoms with Crippen LogP contribution in [0.4, 0.5) is 79.0 Å². The van der Waals surface area contributed by atoms with Crippen LogP contribution in [0.5, 0.6) is 51.7 Å². The Hall–Kier alpha value is -9.72. The molecular formula is C59H38F18N2O6. The minimum absolute atomic E-state index is 0. The van der Waals surface area contributed by atoms with E-state index in [1.807, 2.05) is 0 Å². The molecule has 8 rings (SSSR count). The van der Waals surface area contributed by atoms with Gasteiger partial charge < -0.3 is 29.2 Å². The van der Waals surface area contributed by atoms with Gasteiger partial charge in [-0.15, -0.1) is 0 Å². The van der Waals surface area contributed by atoms with Gasteiger partial charge in [-0.2, -0.15) is 76.4 Å². The monoisotopic (exact) mass is 1210 g/mol. The average Bonchev–Trinajstić information content (AvgIpc) is 1.25. The molecule has 0 atom stereocenters. The van der Waals surface area contributed by atoms with E-state index < -0.39 is 138 Å². The molecule has 0 saturated heterocycles. The first-order valence-electron chi connectivity index (χ1n) is 23.2. The number of hydrogen-bond acceptors (Lipinski definition) is 8. The molecule has 0 heterocycles. The molecule has 0 fully saturated rings. The Kier molecular flexibility index (Phi) is 20.1. The number of hydrogen-bond donors (Lipinski definition) is 2. The minimum Gasteiger partial charge on any atom is -0.508 e. The van der Waals surface area contributed by atoms with E-state index in [1.165, 1.54) is 55.6 Å². The molecular weight excluding hydrogens is 1170 g/mol. The molecule has 0 radical (unpaired) electrons. The molecule has 0 aliphatic carbocycles. The number of ether oxygens (including phenoxy) is 4. The van der Waals surface area contributed by atoms with Crippen LogP contribution in [-0.2, 0) is 10.8 Å². The average molecular weight is 1210 g/mol. The third kappa shape index (κ3) is 13.1. The van der Waals surface area contributed by atoms with E-state index in [9.17, 15) is 79.9 Å². The summed E-state index contributed by atoms with van der Waals surface area (Å²) in [4.78, 5) is 0. The highest BCUT2D eigenvalue weighted by Gasteiger charge is 2.73. The van der Waals surface area contributed by atoms with Crippen LogP contribution >= 0.6 is 0 Å². The molecule has 0 saturated carbocycles. The smallest absolute Gasteiger partial charge is 0.411 e. The largest absolute Gasteiger partial charge is 0.508 e. The summed E-state index contributed by atoms with van der Waals surface area (Å²) >= 11 is 0. The number of phenolic OH excluding ortho intramolecular Hbond substituents is 2. The van der Waals surface area contributed by atoms with Crippen molar-refractivity contribution in [1.82, 2.24) is 0 Å². The number of methoxy groups -OCH3 is 1. The second-order valence-corrected chi connectivity index (χ2v) is 17.2. The first-order valence-corrected chi connectivity index (χ1v) is 23.2. The van der Waals surface area contributed by atoms with E-state index in [-0.39, 0.29) is 30.2 Å². The fraction of sp³-hybridized carbons (Fsp3) is 0.153. The number of benzene rings is 8. The number of aromatic hydroxyl groups is 2. The van der Waals surface area contributed by atoms with E-state index in [4.69, 9.17) is 34.4 Å². The number of alkyl halides is 12. The quantitative estimate of drug-likeness (QED) is 0.0969. The highest BCUT2D eigenvalue weighted by Crippen LogP contribution is 2.58. The summed E-state index contributed by atoms with van der Waals surface area (Å²) in [5.74, 6) is -13.9. The van der Waals surface area contributed by atoms with Gasteiger partial charge in [0, 0.05) is 5.56 Å². The highest BCUT2D eigenvalue weighted by atomic mass is 19.4. The summed E-state index contributed by atoms with van der Waals surface area (Å²) in [7, 11) is 1.20. The number of rotatable bonds is 11. The molecule has 8 nitrogen and oxygen atoms in total. The van der Waals surface area contributed by atoms with Crippen molar-refractivity contribution in [3.8, 4) is 63.9 Å². The van der Waals surface area contributed by atoms with Gasteiger partial charge in [0.25, 0.3) is 0 Å². The molecule has 8 aromatic rings. The first kappa shape index (κ1) is 66.1. The third-order valence-corrected chi connectivity index (χ3v) is 12.2. The Balaban J connectivity index is 0.000000258. The summed E-state index contributed by atoms with van der Waals surface area (Å²) in [6, 6.07) is 28.6. The second-order valence-electron chi connectivity index (χ2n) is 17.2. The first-order chi connectivity index (χ1) is 39.3. The Labute approximate surface area is 470 Å². The normalized spacial score (nSPS) is 11.7. The molecule has 446 valence electrons. The molecule has 0 amide bonds. The summed E-state index contributed by atoms with van der Waals surface area (Å²) < 4.78 is 272. The molecule has 0 unspecified atom stereocenters. The maximum absolute atomic E-state index is 15.4. The van der Waals surface area contributed by atoms with Crippen LogP contribution in [0.25, 0.3) is 0 Å². The lowest BCUT2D eigenvalue weighted by molar-refractivity contribution is -0.290. The number of phenols is 2. The Morgan fingerprint density at radius 3 is 0.941 bits per heavy atom. The van der Waals surface area contributed by atoms with Gasteiger partial charge in [-0.25, -0.2) is 13.2 Å². The van der Waals surface area contributed by atoms with Gasteiger partial charge in [0.2, 0.25) is 39.8 Å². The maximum Gasteiger partial charge on any atom is 0.411 e. The lowest BCUT2D eigenvalue weighted by Gasteiger charge is -2.38. The van der Waals surface area contributed by atoms with Gasteiger partial charge >= 0.3 is 24.7 Å². The van der Waals surface area contributed by atoms with Crippen molar-refractivity contribution in [3.05, 3.63) is 232 Å². The van der Waals surface area contributed by atoms with Crippen molar-refractivity contribution in [3.63, 3.8) is 0 Å². The van der Waals surface area contributed by atoms with Gasteiger partial charge in [0.15, 0.2) is 23.2 Å². The van der Waals surface area contributed by atoms with Crippen molar-refractivity contribution >= 4 is 0 Å². The standard InChI is InChI=1S/C30H19F8NO3.C15H10F6O2.C13H5F4NO.CH4/c1-17-23(16-39)26(25(32)27(24(17)31)42-21-6-4-3-5-7-21)41-22-14-10-19(11-15-22)28(29(33,34)35,30(36,37)38)18-8-12-20(40-2)13-9-18;16-14(17,18)13(15(19,20)21,9-1-5-11(22)6-2-9)10-3-7-12(23)8-4-10;14-9-8(6-18)10(15)12(17)13(11(9)16)19-7-4-2-1-3-5-7;/h3-15H,1-2H3;1-8,22-23H;1-5H;1H4. The fourth-order valence-electron chi connectivity index (χ4n) is 8.21. The van der Waals surface area contributed by atoms with Crippen molar-refractivity contribution in [2.45, 2.75) is 49.9 Å². The lowest BCUT2D eigenvalue weighted by atomic mass is 9.73. The zero-order valence-corrected chi connectivity index (χ0v) is 42.2. The Morgan fingerprint density at radius 2 is 0.635 bits per heavy atom. The molecule has 26 heteroatoms. The number of para-hydroxylation sites is 2. The van der Waals surface area contributed by atoms with Crippen LogP contribution in [-0.4, -0.2) is 42.0 Å². The van der Waals surface area contributed by atoms with Crippen molar-refractivity contribution in [2.24, 2.45) is 0 Å².